The number of carbonyl (C=O) groups excluding carboxylic acids is 2. The molecule has 0 atom stereocenters. The summed E-state index contributed by atoms with van der Waals surface area (Å²) in [5.74, 6) is 0.622. The first-order valence-electron chi connectivity index (χ1n) is 9.39. The standard InChI is InChI=1S/C21H21N5O3/c1-15-4-2-5-16(14-15)22-20(27)17-7-8-19(24-23-17)25-9-11-26(12-10-25)21(28)18-6-3-13-29-18/h2-8,13-14H,9-12H2,1H3,(H,22,27). The van der Waals surface area contributed by atoms with Crippen LogP contribution in [0.15, 0.2) is 59.2 Å². The fourth-order valence-corrected chi connectivity index (χ4v) is 3.23. The monoisotopic (exact) mass is 391 g/mol. The van der Waals surface area contributed by atoms with E-state index in [1.165, 1.54) is 6.26 Å². The number of furan rings is 1. The molecule has 0 spiro atoms. The van der Waals surface area contributed by atoms with Crippen molar-refractivity contribution >= 4 is 23.3 Å². The molecule has 2 amide bonds. The van der Waals surface area contributed by atoms with Crippen molar-refractivity contribution in [3.63, 3.8) is 0 Å². The maximum atomic E-state index is 12.4. The minimum absolute atomic E-state index is 0.107. The molecule has 2 aromatic heterocycles. The van der Waals surface area contributed by atoms with E-state index < -0.39 is 0 Å². The number of anilines is 2. The zero-order chi connectivity index (χ0) is 20.2. The number of amides is 2. The zero-order valence-electron chi connectivity index (χ0n) is 16.0. The van der Waals surface area contributed by atoms with Crippen LogP contribution in [0, 0.1) is 6.92 Å². The maximum absolute atomic E-state index is 12.4. The van der Waals surface area contributed by atoms with E-state index in [1.807, 2.05) is 36.1 Å². The van der Waals surface area contributed by atoms with Crippen LogP contribution < -0.4 is 10.2 Å². The third-order valence-electron chi connectivity index (χ3n) is 4.78. The quantitative estimate of drug-likeness (QED) is 0.735. The topological polar surface area (TPSA) is 91.6 Å². The van der Waals surface area contributed by atoms with Crippen molar-refractivity contribution in [3.8, 4) is 0 Å². The SMILES string of the molecule is Cc1cccc(NC(=O)c2ccc(N3CCN(C(=O)c4ccco4)CC3)nn2)c1. The molecule has 0 unspecified atom stereocenters. The van der Waals surface area contributed by atoms with E-state index in [4.69, 9.17) is 4.42 Å². The van der Waals surface area contributed by atoms with Gasteiger partial charge in [0.25, 0.3) is 11.8 Å². The van der Waals surface area contributed by atoms with Crippen molar-refractivity contribution in [1.82, 2.24) is 15.1 Å². The molecular formula is C21H21N5O3. The average Bonchev–Trinajstić information content (AvgIpc) is 3.28. The van der Waals surface area contributed by atoms with Gasteiger partial charge in [-0.05, 0) is 48.9 Å². The second-order valence-electron chi connectivity index (χ2n) is 6.86. The van der Waals surface area contributed by atoms with Crippen LogP contribution in [0.25, 0.3) is 0 Å². The number of rotatable bonds is 4. The molecule has 1 N–H and O–H groups in total. The summed E-state index contributed by atoms with van der Waals surface area (Å²) in [4.78, 5) is 28.5. The Morgan fingerprint density at radius 1 is 1.00 bits per heavy atom. The van der Waals surface area contributed by atoms with Gasteiger partial charge in [-0.15, -0.1) is 10.2 Å². The lowest BCUT2D eigenvalue weighted by atomic mass is 10.2. The van der Waals surface area contributed by atoms with E-state index in [1.54, 1.807) is 29.2 Å². The van der Waals surface area contributed by atoms with Crippen molar-refractivity contribution in [2.45, 2.75) is 6.92 Å². The molecule has 1 fully saturated rings. The number of nitrogens with zero attached hydrogens (tertiary/aromatic N) is 4. The summed E-state index contributed by atoms with van der Waals surface area (Å²) in [7, 11) is 0. The third kappa shape index (κ3) is 4.26. The number of carbonyl (C=O) groups is 2. The van der Waals surface area contributed by atoms with E-state index in [2.05, 4.69) is 15.5 Å². The van der Waals surface area contributed by atoms with Crippen molar-refractivity contribution in [2.24, 2.45) is 0 Å². The molecule has 0 saturated carbocycles. The van der Waals surface area contributed by atoms with Gasteiger partial charge in [-0.1, -0.05) is 12.1 Å². The Balaban J connectivity index is 1.35. The van der Waals surface area contributed by atoms with E-state index >= 15 is 0 Å². The number of benzene rings is 1. The molecule has 1 saturated heterocycles. The largest absolute Gasteiger partial charge is 0.459 e. The minimum Gasteiger partial charge on any atom is -0.459 e. The maximum Gasteiger partial charge on any atom is 0.289 e. The van der Waals surface area contributed by atoms with Crippen LogP contribution in [-0.2, 0) is 0 Å². The van der Waals surface area contributed by atoms with Gasteiger partial charge in [0.05, 0.1) is 6.26 Å². The van der Waals surface area contributed by atoms with Gasteiger partial charge >= 0.3 is 0 Å². The molecule has 4 rings (SSSR count). The van der Waals surface area contributed by atoms with Crippen LogP contribution >= 0.6 is 0 Å². The molecule has 1 aromatic carbocycles. The summed E-state index contributed by atoms with van der Waals surface area (Å²) in [6, 6.07) is 14.4. The van der Waals surface area contributed by atoms with Gasteiger partial charge in [-0.3, -0.25) is 9.59 Å². The molecule has 0 bridgehead atoms. The number of aromatic nitrogens is 2. The summed E-state index contributed by atoms with van der Waals surface area (Å²) < 4.78 is 5.18. The summed E-state index contributed by atoms with van der Waals surface area (Å²) in [6.07, 6.45) is 1.50. The molecule has 8 nitrogen and oxygen atoms in total. The van der Waals surface area contributed by atoms with E-state index in [0.717, 1.165) is 11.3 Å². The first-order valence-corrected chi connectivity index (χ1v) is 9.39. The number of piperazine rings is 1. The summed E-state index contributed by atoms with van der Waals surface area (Å²) >= 11 is 0. The highest BCUT2D eigenvalue weighted by atomic mass is 16.3. The van der Waals surface area contributed by atoms with Crippen LogP contribution in [0.2, 0.25) is 0 Å². The molecule has 3 heterocycles. The van der Waals surface area contributed by atoms with Gasteiger partial charge in [0, 0.05) is 31.9 Å². The van der Waals surface area contributed by atoms with Crippen LogP contribution in [0.3, 0.4) is 0 Å². The lowest BCUT2D eigenvalue weighted by molar-refractivity contribution is 0.0714. The fraction of sp³-hybridized carbons (Fsp3) is 0.238. The van der Waals surface area contributed by atoms with Crippen LogP contribution in [0.5, 0.6) is 0 Å². The van der Waals surface area contributed by atoms with Crippen LogP contribution in [0.1, 0.15) is 26.6 Å². The smallest absolute Gasteiger partial charge is 0.289 e. The van der Waals surface area contributed by atoms with Gasteiger partial charge in [0.15, 0.2) is 17.3 Å². The normalized spacial score (nSPS) is 14.0. The molecule has 1 aliphatic heterocycles. The molecule has 0 radical (unpaired) electrons. The number of aryl methyl sites for hydroxylation is 1. The van der Waals surface area contributed by atoms with Crippen molar-refractivity contribution in [3.05, 3.63) is 71.8 Å². The number of nitrogens with one attached hydrogen (secondary N) is 1. The highest BCUT2D eigenvalue weighted by molar-refractivity contribution is 6.02. The Kier molecular flexibility index (Phi) is 5.24. The van der Waals surface area contributed by atoms with Gasteiger partial charge in [0.1, 0.15) is 0 Å². The lowest BCUT2D eigenvalue weighted by Gasteiger charge is -2.34. The van der Waals surface area contributed by atoms with Gasteiger partial charge in [0.2, 0.25) is 0 Å². The molecule has 1 aliphatic rings. The number of hydrogen-bond donors (Lipinski definition) is 1. The minimum atomic E-state index is -0.302. The first kappa shape index (κ1) is 18.7. The van der Waals surface area contributed by atoms with Gasteiger partial charge in [-0.2, -0.15) is 0 Å². The molecular weight excluding hydrogens is 370 g/mol. The Morgan fingerprint density at radius 2 is 1.83 bits per heavy atom. The highest BCUT2D eigenvalue weighted by Crippen LogP contribution is 2.16. The molecule has 8 heteroatoms. The third-order valence-corrected chi connectivity index (χ3v) is 4.78. The van der Waals surface area contributed by atoms with Crippen LogP contribution in [-0.4, -0.2) is 53.1 Å². The van der Waals surface area contributed by atoms with Crippen molar-refractivity contribution in [2.75, 3.05) is 36.4 Å². The summed E-state index contributed by atoms with van der Waals surface area (Å²) in [5, 5.41) is 11.1. The predicted octanol–water partition coefficient (Wildman–Crippen LogP) is 2.59. The Labute approximate surface area is 168 Å². The van der Waals surface area contributed by atoms with Crippen molar-refractivity contribution < 1.29 is 14.0 Å². The number of hydrogen-bond acceptors (Lipinski definition) is 6. The fourth-order valence-electron chi connectivity index (χ4n) is 3.23. The van der Waals surface area contributed by atoms with Gasteiger partial charge < -0.3 is 19.5 Å². The Hall–Kier alpha value is -3.68. The lowest BCUT2D eigenvalue weighted by Crippen LogP contribution is -2.49. The molecule has 29 heavy (non-hydrogen) atoms. The molecule has 3 aromatic rings. The second kappa shape index (κ2) is 8.14. The average molecular weight is 391 g/mol. The zero-order valence-corrected chi connectivity index (χ0v) is 16.0. The summed E-state index contributed by atoms with van der Waals surface area (Å²) in [6.45, 7) is 4.37. The Morgan fingerprint density at radius 3 is 2.48 bits per heavy atom. The predicted molar refractivity (Wildman–Crippen MR) is 108 cm³/mol. The molecule has 148 valence electrons. The van der Waals surface area contributed by atoms with E-state index in [9.17, 15) is 9.59 Å². The molecule has 0 aliphatic carbocycles. The van der Waals surface area contributed by atoms with Crippen LogP contribution in [0.4, 0.5) is 11.5 Å². The van der Waals surface area contributed by atoms with E-state index in [0.29, 0.717) is 37.8 Å². The highest BCUT2D eigenvalue weighted by Gasteiger charge is 2.24. The Bertz CT molecular complexity index is 993. The van der Waals surface area contributed by atoms with E-state index in [-0.39, 0.29) is 17.5 Å². The second-order valence-corrected chi connectivity index (χ2v) is 6.86. The summed E-state index contributed by atoms with van der Waals surface area (Å²) in [5.41, 5.74) is 2.04. The van der Waals surface area contributed by atoms with Crippen molar-refractivity contribution in [1.29, 1.82) is 0 Å². The first-order chi connectivity index (χ1) is 14.1. The van der Waals surface area contributed by atoms with Gasteiger partial charge in [-0.25, -0.2) is 0 Å².